The number of carbonyl (C=O) groups is 1. The predicted octanol–water partition coefficient (Wildman–Crippen LogP) is 3.23. The summed E-state index contributed by atoms with van der Waals surface area (Å²) in [5.41, 5.74) is -0.512. The fourth-order valence-electron chi connectivity index (χ4n) is 2.59. The van der Waals surface area contributed by atoms with Gasteiger partial charge in [0.05, 0.1) is 29.5 Å². The Hall–Kier alpha value is -2.35. The molecule has 1 aliphatic rings. The number of hydrogen-bond donors (Lipinski definition) is 0. The largest absolute Gasteiger partial charge is 0.458 e. The van der Waals surface area contributed by atoms with Crippen molar-refractivity contribution >= 4 is 17.5 Å². The van der Waals surface area contributed by atoms with Crippen LogP contribution in [0.5, 0.6) is 6.01 Å². The molecule has 1 fully saturated rings. The number of likely N-dealkylation sites (tertiary alicyclic amines) is 1. The molecule has 1 amide bonds. The van der Waals surface area contributed by atoms with E-state index in [1.165, 1.54) is 17.3 Å². The summed E-state index contributed by atoms with van der Waals surface area (Å²) in [4.78, 5) is 21.6. The smallest absolute Gasteiger partial charge is 0.316 e. The van der Waals surface area contributed by atoms with E-state index in [0.717, 1.165) is 12.1 Å². The number of nitrogens with zero attached hydrogens (tertiary/aromatic N) is 3. The van der Waals surface area contributed by atoms with Gasteiger partial charge in [0.15, 0.2) is 17.5 Å². The highest BCUT2D eigenvalue weighted by Gasteiger charge is 2.29. The van der Waals surface area contributed by atoms with Crippen molar-refractivity contribution < 1.29 is 22.7 Å². The van der Waals surface area contributed by atoms with Crippen molar-refractivity contribution in [2.75, 3.05) is 13.1 Å². The zero-order valence-electron chi connectivity index (χ0n) is 12.9. The Balaban J connectivity index is 1.71. The van der Waals surface area contributed by atoms with Crippen LogP contribution >= 0.6 is 11.6 Å². The second kappa shape index (κ2) is 7.26. The minimum absolute atomic E-state index is 0.114. The van der Waals surface area contributed by atoms with E-state index in [-0.39, 0.29) is 12.6 Å². The fraction of sp³-hybridized carbons (Fsp3) is 0.312. The number of piperidine rings is 1. The predicted molar refractivity (Wildman–Crippen MR) is 82.9 cm³/mol. The van der Waals surface area contributed by atoms with Gasteiger partial charge in [0, 0.05) is 6.54 Å². The quantitative estimate of drug-likeness (QED) is 0.777. The first-order chi connectivity index (χ1) is 12.0. The van der Waals surface area contributed by atoms with Gasteiger partial charge < -0.3 is 9.64 Å². The summed E-state index contributed by atoms with van der Waals surface area (Å²) in [6.45, 7) is 0.516. The van der Waals surface area contributed by atoms with Crippen molar-refractivity contribution in [3.8, 4) is 6.01 Å². The molecule has 25 heavy (non-hydrogen) atoms. The van der Waals surface area contributed by atoms with Crippen LogP contribution < -0.4 is 4.74 Å². The van der Waals surface area contributed by atoms with Gasteiger partial charge in [0.2, 0.25) is 0 Å². The standard InChI is InChI=1S/C16H13ClF3N3O2/c17-9-6-21-16(22-7-9)25-10-2-1-5-23(8-10)15(24)11-3-4-12(18)14(20)13(11)19/h3-4,6-7,10H,1-2,5,8H2/t10-/m1/s1. The highest BCUT2D eigenvalue weighted by atomic mass is 35.5. The molecule has 3 rings (SSSR count). The van der Waals surface area contributed by atoms with Gasteiger partial charge in [0.1, 0.15) is 6.10 Å². The van der Waals surface area contributed by atoms with E-state index in [1.807, 2.05) is 0 Å². The third-order valence-corrected chi connectivity index (χ3v) is 3.99. The molecule has 0 aliphatic carbocycles. The van der Waals surface area contributed by atoms with Crippen LogP contribution in [0.1, 0.15) is 23.2 Å². The van der Waals surface area contributed by atoms with Crippen molar-refractivity contribution in [2.45, 2.75) is 18.9 Å². The average Bonchev–Trinajstić information content (AvgIpc) is 2.61. The Morgan fingerprint density at radius 1 is 1.20 bits per heavy atom. The van der Waals surface area contributed by atoms with Crippen LogP contribution in [0, 0.1) is 17.5 Å². The van der Waals surface area contributed by atoms with Gasteiger partial charge in [-0.2, -0.15) is 0 Å². The Bertz CT molecular complexity index is 789. The number of rotatable bonds is 3. The van der Waals surface area contributed by atoms with E-state index in [1.54, 1.807) is 0 Å². The molecule has 132 valence electrons. The summed E-state index contributed by atoms with van der Waals surface area (Å²) in [5.74, 6) is -5.21. The molecule has 9 heteroatoms. The van der Waals surface area contributed by atoms with Gasteiger partial charge in [-0.25, -0.2) is 23.1 Å². The highest BCUT2D eigenvalue weighted by Crippen LogP contribution is 2.21. The molecule has 0 radical (unpaired) electrons. The van der Waals surface area contributed by atoms with Gasteiger partial charge in [0.25, 0.3) is 5.91 Å². The molecule has 0 unspecified atom stereocenters. The number of amides is 1. The van der Waals surface area contributed by atoms with Crippen LogP contribution in [0.3, 0.4) is 0 Å². The Labute approximate surface area is 146 Å². The van der Waals surface area contributed by atoms with Crippen molar-refractivity contribution in [3.63, 3.8) is 0 Å². The molecule has 2 heterocycles. The lowest BCUT2D eigenvalue weighted by molar-refractivity contribution is 0.0510. The summed E-state index contributed by atoms with van der Waals surface area (Å²) in [5, 5.41) is 0.363. The monoisotopic (exact) mass is 371 g/mol. The van der Waals surface area contributed by atoms with Crippen LogP contribution in [-0.4, -0.2) is 40.0 Å². The number of ether oxygens (including phenoxy) is 1. The Morgan fingerprint density at radius 3 is 2.64 bits per heavy atom. The van der Waals surface area contributed by atoms with Gasteiger partial charge >= 0.3 is 6.01 Å². The van der Waals surface area contributed by atoms with Gasteiger partial charge in [-0.1, -0.05) is 11.6 Å². The fourth-order valence-corrected chi connectivity index (χ4v) is 2.69. The number of halogens is 4. The van der Waals surface area contributed by atoms with E-state index in [4.69, 9.17) is 16.3 Å². The van der Waals surface area contributed by atoms with Crippen LogP contribution in [0.15, 0.2) is 24.5 Å². The van der Waals surface area contributed by atoms with Gasteiger partial charge in [-0.3, -0.25) is 4.79 Å². The molecular formula is C16H13ClF3N3O2. The lowest BCUT2D eigenvalue weighted by Crippen LogP contribution is -2.44. The van der Waals surface area contributed by atoms with E-state index in [0.29, 0.717) is 24.4 Å². The third-order valence-electron chi connectivity index (χ3n) is 3.80. The maximum atomic E-state index is 13.8. The first kappa shape index (κ1) is 17.5. The van der Waals surface area contributed by atoms with E-state index in [2.05, 4.69) is 9.97 Å². The van der Waals surface area contributed by atoms with Gasteiger partial charge in [-0.15, -0.1) is 0 Å². The molecule has 5 nitrogen and oxygen atoms in total. The second-order valence-corrected chi connectivity index (χ2v) is 5.98. The maximum absolute atomic E-state index is 13.8. The summed E-state index contributed by atoms with van der Waals surface area (Å²) >= 11 is 5.70. The normalized spacial score (nSPS) is 17.4. The van der Waals surface area contributed by atoms with Gasteiger partial charge in [-0.05, 0) is 25.0 Å². The molecule has 1 aliphatic heterocycles. The molecule has 1 aromatic heterocycles. The average molecular weight is 372 g/mol. The molecule has 0 saturated carbocycles. The lowest BCUT2D eigenvalue weighted by Gasteiger charge is -2.32. The van der Waals surface area contributed by atoms with Crippen LogP contribution in [-0.2, 0) is 0 Å². The highest BCUT2D eigenvalue weighted by molar-refractivity contribution is 6.30. The minimum atomic E-state index is -1.66. The second-order valence-electron chi connectivity index (χ2n) is 5.54. The zero-order chi connectivity index (χ0) is 18.0. The lowest BCUT2D eigenvalue weighted by atomic mass is 10.1. The van der Waals surface area contributed by atoms with E-state index in [9.17, 15) is 18.0 Å². The first-order valence-electron chi connectivity index (χ1n) is 7.52. The molecule has 0 spiro atoms. The van der Waals surface area contributed by atoms with Crippen LogP contribution in [0.2, 0.25) is 5.02 Å². The summed E-state index contributed by atoms with van der Waals surface area (Å²) in [6, 6.07) is 1.77. The van der Waals surface area contributed by atoms with E-state index >= 15 is 0 Å². The van der Waals surface area contributed by atoms with Crippen LogP contribution in [0.25, 0.3) is 0 Å². The maximum Gasteiger partial charge on any atom is 0.316 e. The van der Waals surface area contributed by atoms with Crippen molar-refractivity contribution in [2.24, 2.45) is 0 Å². The molecular weight excluding hydrogens is 359 g/mol. The topological polar surface area (TPSA) is 55.3 Å². The van der Waals surface area contributed by atoms with Crippen LogP contribution in [0.4, 0.5) is 13.2 Å². The van der Waals surface area contributed by atoms with Crippen molar-refractivity contribution in [3.05, 3.63) is 52.6 Å². The van der Waals surface area contributed by atoms with Crippen molar-refractivity contribution in [1.29, 1.82) is 0 Å². The molecule has 0 N–H and O–H groups in total. The summed E-state index contributed by atoms with van der Waals surface area (Å²) < 4.78 is 45.8. The number of hydrogen-bond acceptors (Lipinski definition) is 4. The molecule has 1 aromatic carbocycles. The summed E-state index contributed by atoms with van der Waals surface area (Å²) in [7, 11) is 0. The Kier molecular flexibility index (Phi) is 5.08. The molecule has 2 aromatic rings. The van der Waals surface area contributed by atoms with E-state index < -0.39 is 35.0 Å². The first-order valence-corrected chi connectivity index (χ1v) is 7.90. The Morgan fingerprint density at radius 2 is 1.92 bits per heavy atom. The number of carbonyl (C=O) groups excluding carboxylic acids is 1. The van der Waals surface area contributed by atoms with Crippen molar-refractivity contribution in [1.82, 2.24) is 14.9 Å². The summed E-state index contributed by atoms with van der Waals surface area (Å²) in [6.07, 6.45) is 3.62. The molecule has 1 saturated heterocycles. The minimum Gasteiger partial charge on any atom is -0.458 e. The third kappa shape index (κ3) is 3.84. The molecule has 1 atom stereocenters. The number of aromatic nitrogens is 2. The number of benzene rings is 1. The molecule has 0 bridgehead atoms. The SMILES string of the molecule is O=C(c1ccc(F)c(F)c1F)N1CCC[C@@H](Oc2ncc(Cl)cn2)C1. The zero-order valence-corrected chi connectivity index (χ0v) is 13.6.